The Morgan fingerprint density at radius 1 is 1.04 bits per heavy atom. The molecule has 7 heteroatoms. The summed E-state index contributed by atoms with van der Waals surface area (Å²) in [6, 6.07) is 7.18. The lowest BCUT2D eigenvalue weighted by atomic mass is 9.95. The van der Waals surface area contributed by atoms with Gasteiger partial charge in [-0.25, -0.2) is 0 Å². The molecule has 0 atom stereocenters. The number of nitrogens with two attached hydrogens (primary N) is 1. The van der Waals surface area contributed by atoms with E-state index in [0.717, 1.165) is 30.4 Å². The van der Waals surface area contributed by atoms with Crippen LogP contribution in [0, 0.1) is 0 Å². The number of hydrogen-bond donors (Lipinski definition) is 2. The largest absolute Gasteiger partial charge is 0.365 e. The second-order valence-electron chi connectivity index (χ2n) is 6.44. The summed E-state index contributed by atoms with van der Waals surface area (Å²) in [5.41, 5.74) is 9.36. The second-order valence-corrected chi connectivity index (χ2v) is 8.72. The maximum absolute atomic E-state index is 12.8. The third-order valence-electron chi connectivity index (χ3n) is 4.73. The van der Waals surface area contributed by atoms with E-state index >= 15 is 0 Å². The minimum atomic E-state index is -0.566. The van der Waals surface area contributed by atoms with Crippen molar-refractivity contribution in [2.45, 2.75) is 25.7 Å². The molecule has 138 valence electrons. The first kappa shape index (κ1) is 18.2. The number of benzene rings is 1. The van der Waals surface area contributed by atoms with Crippen LogP contribution in [0.25, 0.3) is 11.1 Å². The van der Waals surface area contributed by atoms with Crippen molar-refractivity contribution < 1.29 is 9.59 Å². The number of nitrogens with one attached hydrogen (secondary N) is 1. The molecule has 3 N–H and O–H groups in total. The highest BCUT2D eigenvalue weighted by Crippen LogP contribution is 2.37. The number of primary amides is 1. The maximum Gasteiger partial charge on any atom is 0.257 e. The third-order valence-corrected chi connectivity index (χ3v) is 6.96. The van der Waals surface area contributed by atoms with Crippen molar-refractivity contribution >= 4 is 51.1 Å². The molecule has 0 aliphatic heterocycles. The van der Waals surface area contributed by atoms with Crippen molar-refractivity contribution in [3.8, 4) is 11.1 Å². The molecule has 1 aromatic carbocycles. The smallest absolute Gasteiger partial charge is 0.257 e. The Hall–Kier alpha value is -2.15. The average Bonchev–Trinajstić information content (AvgIpc) is 3.26. The monoisotopic (exact) mass is 416 g/mol. The fourth-order valence-corrected chi connectivity index (χ4v) is 5.61. The van der Waals surface area contributed by atoms with Crippen molar-refractivity contribution in [2.24, 2.45) is 5.73 Å². The molecule has 27 heavy (non-hydrogen) atoms. The van der Waals surface area contributed by atoms with Crippen LogP contribution < -0.4 is 11.1 Å². The summed E-state index contributed by atoms with van der Waals surface area (Å²) >= 11 is 8.89. The van der Waals surface area contributed by atoms with Gasteiger partial charge in [0.15, 0.2) is 0 Å². The zero-order chi connectivity index (χ0) is 19.0. The van der Waals surface area contributed by atoms with E-state index < -0.39 is 5.91 Å². The highest BCUT2D eigenvalue weighted by atomic mass is 35.5. The highest BCUT2D eigenvalue weighted by molar-refractivity contribution is 7.15. The maximum atomic E-state index is 12.8. The molecule has 4 rings (SSSR count). The van der Waals surface area contributed by atoms with E-state index in [4.69, 9.17) is 17.3 Å². The van der Waals surface area contributed by atoms with E-state index in [1.54, 1.807) is 23.5 Å². The Bertz CT molecular complexity index is 1020. The van der Waals surface area contributed by atoms with Gasteiger partial charge in [0.2, 0.25) is 0 Å². The Labute approximate surface area is 170 Å². The van der Waals surface area contributed by atoms with Gasteiger partial charge in [0, 0.05) is 26.2 Å². The number of rotatable bonds is 4. The Morgan fingerprint density at radius 3 is 2.52 bits per heavy atom. The first-order valence-electron chi connectivity index (χ1n) is 8.62. The SMILES string of the molecule is NC(=O)c1c(-c2ccc(Cl)cc2)csc1NC(=O)c1csc2c1CCCC2. The van der Waals surface area contributed by atoms with Crippen molar-refractivity contribution in [2.75, 3.05) is 5.32 Å². The predicted molar refractivity (Wildman–Crippen MR) is 112 cm³/mol. The van der Waals surface area contributed by atoms with E-state index in [0.29, 0.717) is 26.7 Å². The number of halogens is 1. The molecule has 0 fully saturated rings. The van der Waals surface area contributed by atoms with E-state index in [-0.39, 0.29) is 5.91 Å². The van der Waals surface area contributed by atoms with Gasteiger partial charge in [0.05, 0.1) is 11.1 Å². The number of fused-ring (bicyclic) bond motifs is 1. The molecule has 0 spiro atoms. The molecule has 3 aromatic rings. The molecule has 0 bridgehead atoms. The quantitative estimate of drug-likeness (QED) is 0.600. The summed E-state index contributed by atoms with van der Waals surface area (Å²) in [4.78, 5) is 26.2. The van der Waals surface area contributed by atoms with Gasteiger partial charge in [-0.05, 0) is 48.9 Å². The average molecular weight is 417 g/mol. The number of aryl methyl sites for hydroxylation is 1. The van der Waals surface area contributed by atoms with Gasteiger partial charge in [0.1, 0.15) is 5.00 Å². The van der Waals surface area contributed by atoms with Gasteiger partial charge in [-0.1, -0.05) is 23.7 Å². The number of carbonyl (C=O) groups is 2. The van der Waals surface area contributed by atoms with Crippen LogP contribution in [0.15, 0.2) is 35.0 Å². The van der Waals surface area contributed by atoms with Crippen LogP contribution in [0.2, 0.25) is 5.02 Å². The fraction of sp³-hybridized carbons (Fsp3) is 0.200. The molecule has 4 nitrogen and oxygen atoms in total. The lowest BCUT2D eigenvalue weighted by Gasteiger charge is -2.12. The molecule has 1 aliphatic carbocycles. The van der Waals surface area contributed by atoms with Crippen LogP contribution in [0.1, 0.15) is 44.0 Å². The van der Waals surface area contributed by atoms with Gasteiger partial charge in [-0.15, -0.1) is 22.7 Å². The molecular formula is C20H17ClN2O2S2. The zero-order valence-electron chi connectivity index (χ0n) is 14.4. The van der Waals surface area contributed by atoms with Crippen LogP contribution >= 0.6 is 34.3 Å². The second kappa shape index (κ2) is 7.46. The molecule has 1 aliphatic rings. The normalized spacial score (nSPS) is 13.2. The van der Waals surface area contributed by atoms with Crippen LogP contribution in [0.5, 0.6) is 0 Å². The van der Waals surface area contributed by atoms with Crippen molar-refractivity contribution in [1.82, 2.24) is 0 Å². The van der Waals surface area contributed by atoms with E-state index in [1.165, 1.54) is 22.6 Å². The zero-order valence-corrected chi connectivity index (χ0v) is 16.8. The van der Waals surface area contributed by atoms with Gasteiger partial charge in [-0.3, -0.25) is 9.59 Å². The summed E-state index contributed by atoms with van der Waals surface area (Å²) in [6.07, 6.45) is 4.26. The molecule has 2 amide bonds. The summed E-state index contributed by atoms with van der Waals surface area (Å²) < 4.78 is 0. The lowest BCUT2D eigenvalue weighted by molar-refractivity contribution is 0.100. The summed E-state index contributed by atoms with van der Waals surface area (Å²) in [5.74, 6) is -0.745. The fourth-order valence-electron chi connectivity index (χ4n) is 3.39. The number of carbonyl (C=O) groups excluding carboxylic acids is 2. The van der Waals surface area contributed by atoms with Crippen molar-refractivity contribution in [3.63, 3.8) is 0 Å². The molecule has 0 radical (unpaired) electrons. The van der Waals surface area contributed by atoms with Gasteiger partial charge in [-0.2, -0.15) is 0 Å². The Kier molecular flexibility index (Phi) is 5.04. The van der Waals surface area contributed by atoms with Gasteiger partial charge in [0.25, 0.3) is 11.8 Å². The van der Waals surface area contributed by atoms with E-state index in [2.05, 4.69) is 5.32 Å². The van der Waals surface area contributed by atoms with E-state index in [1.807, 2.05) is 22.9 Å². The molecule has 0 saturated carbocycles. The number of amides is 2. The molecule has 2 aromatic heterocycles. The number of anilines is 1. The first-order chi connectivity index (χ1) is 13.0. The van der Waals surface area contributed by atoms with Crippen LogP contribution in [-0.2, 0) is 12.8 Å². The molecule has 0 saturated heterocycles. The van der Waals surface area contributed by atoms with Crippen LogP contribution in [-0.4, -0.2) is 11.8 Å². The first-order valence-corrected chi connectivity index (χ1v) is 10.8. The van der Waals surface area contributed by atoms with Crippen molar-refractivity contribution in [3.05, 3.63) is 61.6 Å². The summed E-state index contributed by atoms with van der Waals surface area (Å²) in [6.45, 7) is 0. The lowest BCUT2D eigenvalue weighted by Crippen LogP contribution is -2.18. The van der Waals surface area contributed by atoms with Crippen molar-refractivity contribution in [1.29, 1.82) is 0 Å². The summed E-state index contributed by atoms with van der Waals surface area (Å²) in [5, 5.41) is 7.76. The standard InChI is InChI=1S/C20H17ClN2O2S2/c21-12-7-5-11(6-8-12)14-9-27-20(17(14)18(22)24)23-19(25)15-10-26-16-4-2-1-3-13(15)16/h5-10H,1-4H2,(H2,22,24)(H,23,25). The summed E-state index contributed by atoms with van der Waals surface area (Å²) in [7, 11) is 0. The Morgan fingerprint density at radius 2 is 1.78 bits per heavy atom. The molecular weight excluding hydrogens is 400 g/mol. The number of hydrogen-bond acceptors (Lipinski definition) is 4. The molecule has 2 heterocycles. The number of thiophene rings is 2. The van der Waals surface area contributed by atoms with Crippen LogP contribution in [0.3, 0.4) is 0 Å². The molecule has 0 unspecified atom stereocenters. The highest BCUT2D eigenvalue weighted by Gasteiger charge is 2.23. The minimum absolute atomic E-state index is 0.179. The van der Waals surface area contributed by atoms with Gasteiger partial charge < -0.3 is 11.1 Å². The van der Waals surface area contributed by atoms with Gasteiger partial charge >= 0.3 is 0 Å². The predicted octanol–water partition coefficient (Wildman–Crippen LogP) is 5.36. The Balaban J connectivity index is 1.66. The third kappa shape index (κ3) is 3.52. The minimum Gasteiger partial charge on any atom is -0.365 e. The van der Waals surface area contributed by atoms with Crippen LogP contribution in [0.4, 0.5) is 5.00 Å². The van der Waals surface area contributed by atoms with E-state index in [9.17, 15) is 9.59 Å². The topological polar surface area (TPSA) is 72.2 Å².